The number of carbonyl (C=O) groups excluding carboxylic acids is 1. The molecule has 0 saturated carbocycles. The molecule has 0 unspecified atom stereocenters. The van der Waals surface area contributed by atoms with Crippen molar-refractivity contribution in [2.45, 2.75) is 6.92 Å². The van der Waals surface area contributed by atoms with Crippen LogP contribution in [0.1, 0.15) is 21.7 Å². The molecule has 0 spiro atoms. The standard InChI is InChI=1S/C16H13BrN4O/c1-11-15(21-9-3-2-4-14(21)19-11)16(22)20-18-10-12-5-7-13(17)8-6-12/h2-10H,1H3,(H,20,22)/b18-10+. The van der Waals surface area contributed by atoms with Crippen LogP contribution in [0.2, 0.25) is 0 Å². The van der Waals surface area contributed by atoms with E-state index in [-0.39, 0.29) is 5.91 Å². The Balaban J connectivity index is 1.79. The number of benzene rings is 1. The maximum absolute atomic E-state index is 12.3. The molecular weight excluding hydrogens is 344 g/mol. The Hall–Kier alpha value is -2.47. The molecule has 110 valence electrons. The van der Waals surface area contributed by atoms with Crippen molar-refractivity contribution in [1.82, 2.24) is 14.8 Å². The Bertz CT molecular complexity index is 852. The molecule has 22 heavy (non-hydrogen) atoms. The molecule has 5 nitrogen and oxygen atoms in total. The van der Waals surface area contributed by atoms with Crippen molar-refractivity contribution >= 4 is 33.7 Å². The van der Waals surface area contributed by atoms with Crippen LogP contribution in [-0.4, -0.2) is 21.5 Å². The molecule has 1 aromatic carbocycles. The smallest absolute Gasteiger partial charge is 0.290 e. The molecule has 3 rings (SSSR count). The zero-order valence-electron chi connectivity index (χ0n) is 11.8. The van der Waals surface area contributed by atoms with E-state index in [1.165, 1.54) is 0 Å². The number of hydrazone groups is 1. The second kappa shape index (κ2) is 6.11. The second-order valence-electron chi connectivity index (χ2n) is 4.73. The summed E-state index contributed by atoms with van der Waals surface area (Å²) in [6, 6.07) is 13.2. The second-order valence-corrected chi connectivity index (χ2v) is 5.64. The average Bonchev–Trinajstić information content (AvgIpc) is 2.85. The Labute approximate surface area is 135 Å². The molecule has 1 N–H and O–H groups in total. The molecule has 3 aromatic rings. The van der Waals surface area contributed by atoms with Crippen molar-refractivity contribution < 1.29 is 4.79 Å². The van der Waals surface area contributed by atoms with E-state index in [0.717, 1.165) is 15.7 Å². The molecule has 0 bridgehead atoms. The fraction of sp³-hybridized carbons (Fsp3) is 0.0625. The van der Waals surface area contributed by atoms with Gasteiger partial charge < -0.3 is 0 Å². The molecule has 0 saturated heterocycles. The van der Waals surface area contributed by atoms with Gasteiger partial charge in [-0.05, 0) is 36.8 Å². The highest BCUT2D eigenvalue weighted by molar-refractivity contribution is 9.10. The first-order chi connectivity index (χ1) is 10.6. The predicted molar refractivity (Wildman–Crippen MR) is 89.1 cm³/mol. The van der Waals surface area contributed by atoms with Gasteiger partial charge in [-0.2, -0.15) is 5.10 Å². The third-order valence-corrected chi connectivity index (χ3v) is 3.70. The lowest BCUT2D eigenvalue weighted by Gasteiger charge is -2.01. The third-order valence-electron chi connectivity index (χ3n) is 3.17. The van der Waals surface area contributed by atoms with Gasteiger partial charge in [0, 0.05) is 10.7 Å². The van der Waals surface area contributed by atoms with E-state index in [1.54, 1.807) is 17.5 Å². The minimum Gasteiger partial charge on any atom is -0.295 e. The van der Waals surface area contributed by atoms with Gasteiger partial charge in [-0.15, -0.1) is 0 Å². The van der Waals surface area contributed by atoms with Crippen LogP contribution in [0.4, 0.5) is 0 Å². The number of carbonyl (C=O) groups is 1. The lowest BCUT2D eigenvalue weighted by atomic mass is 10.2. The average molecular weight is 357 g/mol. The molecule has 0 atom stereocenters. The van der Waals surface area contributed by atoms with Crippen molar-refractivity contribution in [3.8, 4) is 0 Å². The van der Waals surface area contributed by atoms with Crippen LogP contribution < -0.4 is 5.43 Å². The summed E-state index contributed by atoms with van der Waals surface area (Å²) in [6.07, 6.45) is 3.41. The minimum atomic E-state index is -0.287. The number of nitrogens with one attached hydrogen (secondary N) is 1. The van der Waals surface area contributed by atoms with Crippen molar-refractivity contribution in [1.29, 1.82) is 0 Å². The van der Waals surface area contributed by atoms with Crippen LogP contribution >= 0.6 is 15.9 Å². The molecule has 0 aliphatic carbocycles. The quantitative estimate of drug-likeness (QED) is 0.578. The van der Waals surface area contributed by atoms with E-state index < -0.39 is 0 Å². The van der Waals surface area contributed by atoms with E-state index in [0.29, 0.717) is 11.4 Å². The normalized spacial score (nSPS) is 11.2. The summed E-state index contributed by atoms with van der Waals surface area (Å²) in [5.41, 5.74) is 5.34. The Morgan fingerprint density at radius 3 is 2.82 bits per heavy atom. The molecule has 6 heteroatoms. The molecule has 0 radical (unpaired) electrons. The lowest BCUT2D eigenvalue weighted by Crippen LogP contribution is -2.20. The highest BCUT2D eigenvalue weighted by Crippen LogP contribution is 2.11. The van der Waals surface area contributed by atoms with E-state index >= 15 is 0 Å². The maximum atomic E-state index is 12.3. The van der Waals surface area contributed by atoms with Gasteiger partial charge in [-0.1, -0.05) is 34.1 Å². The summed E-state index contributed by atoms with van der Waals surface area (Å²) in [5.74, 6) is -0.287. The first kappa shape index (κ1) is 14.5. The van der Waals surface area contributed by atoms with Gasteiger partial charge in [-0.3, -0.25) is 9.20 Å². The number of aryl methyl sites for hydroxylation is 1. The van der Waals surface area contributed by atoms with E-state index in [1.807, 2.05) is 48.7 Å². The topological polar surface area (TPSA) is 58.8 Å². The highest BCUT2D eigenvalue weighted by atomic mass is 79.9. The van der Waals surface area contributed by atoms with Crippen LogP contribution in [0.3, 0.4) is 0 Å². The van der Waals surface area contributed by atoms with Gasteiger partial charge in [-0.25, -0.2) is 10.4 Å². The van der Waals surface area contributed by atoms with Crippen LogP contribution in [0.5, 0.6) is 0 Å². The summed E-state index contributed by atoms with van der Waals surface area (Å²) >= 11 is 3.37. The first-order valence-corrected chi connectivity index (χ1v) is 7.47. The number of hydrogen-bond acceptors (Lipinski definition) is 3. The van der Waals surface area contributed by atoms with Gasteiger partial charge in [0.1, 0.15) is 11.3 Å². The molecule has 0 aliphatic heterocycles. The third kappa shape index (κ3) is 2.92. The SMILES string of the molecule is Cc1nc2ccccn2c1C(=O)N/N=C/c1ccc(Br)cc1. The fourth-order valence-electron chi connectivity index (χ4n) is 2.15. The van der Waals surface area contributed by atoms with E-state index in [9.17, 15) is 4.79 Å². The largest absolute Gasteiger partial charge is 0.295 e. The van der Waals surface area contributed by atoms with E-state index in [4.69, 9.17) is 0 Å². The van der Waals surface area contributed by atoms with Gasteiger partial charge >= 0.3 is 0 Å². The number of aromatic nitrogens is 2. The maximum Gasteiger partial charge on any atom is 0.290 e. The Morgan fingerprint density at radius 1 is 1.27 bits per heavy atom. The first-order valence-electron chi connectivity index (χ1n) is 6.68. The molecular formula is C16H13BrN4O. The van der Waals surface area contributed by atoms with Crippen LogP contribution in [0.15, 0.2) is 58.2 Å². The summed E-state index contributed by atoms with van der Waals surface area (Å²) < 4.78 is 2.75. The van der Waals surface area contributed by atoms with Crippen molar-refractivity contribution in [2.75, 3.05) is 0 Å². The fourth-order valence-corrected chi connectivity index (χ4v) is 2.42. The van der Waals surface area contributed by atoms with Gasteiger partial charge in [0.25, 0.3) is 5.91 Å². The molecule has 2 aromatic heterocycles. The summed E-state index contributed by atoms with van der Waals surface area (Å²) in [4.78, 5) is 16.6. The van der Waals surface area contributed by atoms with Crippen LogP contribution in [0.25, 0.3) is 5.65 Å². The van der Waals surface area contributed by atoms with Gasteiger partial charge in [0.15, 0.2) is 0 Å². The Kier molecular flexibility index (Phi) is 4.02. The number of pyridine rings is 1. The zero-order valence-corrected chi connectivity index (χ0v) is 13.4. The number of amides is 1. The lowest BCUT2D eigenvalue weighted by molar-refractivity contribution is 0.0948. The van der Waals surface area contributed by atoms with Gasteiger partial charge in [0.2, 0.25) is 0 Å². The summed E-state index contributed by atoms with van der Waals surface area (Å²) in [5, 5.41) is 3.99. The van der Waals surface area contributed by atoms with Crippen LogP contribution in [0, 0.1) is 6.92 Å². The number of rotatable bonds is 3. The van der Waals surface area contributed by atoms with Crippen LogP contribution in [-0.2, 0) is 0 Å². The number of imidazole rings is 1. The van der Waals surface area contributed by atoms with Gasteiger partial charge in [0.05, 0.1) is 11.9 Å². The predicted octanol–water partition coefficient (Wildman–Crippen LogP) is 3.17. The number of fused-ring (bicyclic) bond motifs is 1. The highest BCUT2D eigenvalue weighted by Gasteiger charge is 2.15. The molecule has 2 heterocycles. The number of nitrogens with zero attached hydrogens (tertiary/aromatic N) is 3. The number of halogens is 1. The van der Waals surface area contributed by atoms with E-state index in [2.05, 4.69) is 31.4 Å². The minimum absolute atomic E-state index is 0.287. The Morgan fingerprint density at radius 2 is 2.05 bits per heavy atom. The summed E-state index contributed by atoms with van der Waals surface area (Å²) in [7, 11) is 0. The number of hydrogen-bond donors (Lipinski definition) is 1. The van der Waals surface area contributed by atoms with Crippen molar-refractivity contribution in [3.63, 3.8) is 0 Å². The summed E-state index contributed by atoms with van der Waals surface area (Å²) in [6.45, 7) is 1.81. The van der Waals surface area contributed by atoms with Crippen molar-refractivity contribution in [3.05, 3.63) is 70.1 Å². The molecule has 0 aliphatic rings. The van der Waals surface area contributed by atoms with Crippen molar-refractivity contribution in [2.24, 2.45) is 5.10 Å². The zero-order chi connectivity index (χ0) is 15.5. The molecule has 0 fully saturated rings. The molecule has 1 amide bonds. The monoisotopic (exact) mass is 356 g/mol.